The Morgan fingerprint density at radius 2 is 1.86 bits per heavy atom. The first-order valence-corrected chi connectivity index (χ1v) is 7.37. The van der Waals surface area contributed by atoms with E-state index in [-0.39, 0.29) is 6.61 Å². The summed E-state index contributed by atoms with van der Waals surface area (Å²) >= 11 is 0. The molecule has 0 radical (unpaired) electrons. The van der Waals surface area contributed by atoms with Gasteiger partial charge in [0.15, 0.2) is 0 Å². The van der Waals surface area contributed by atoms with Crippen LogP contribution in [-0.2, 0) is 16.1 Å². The highest BCUT2D eigenvalue weighted by molar-refractivity contribution is 5.40. The molecule has 0 spiro atoms. The quantitative estimate of drug-likeness (QED) is 0.601. The molecule has 0 aliphatic heterocycles. The second-order valence-electron chi connectivity index (χ2n) is 4.58. The van der Waals surface area contributed by atoms with Crippen LogP contribution in [0.2, 0.25) is 0 Å². The van der Waals surface area contributed by atoms with E-state index in [1.165, 1.54) is 0 Å². The van der Waals surface area contributed by atoms with E-state index < -0.39 is 0 Å². The van der Waals surface area contributed by atoms with Gasteiger partial charge in [-0.15, -0.1) is 0 Å². The Labute approximate surface area is 126 Å². The minimum absolute atomic E-state index is 0.0479. The summed E-state index contributed by atoms with van der Waals surface area (Å²) in [6.45, 7) is 5.05. The van der Waals surface area contributed by atoms with Gasteiger partial charge in [0, 0.05) is 31.8 Å². The lowest BCUT2D eigenvalue weighted by molar-refractivity contribution is 0.0643. The number of aliphatic hydroxyl groups is 1. The SMILES string of the molecule is CCCOc1ccc(CO)c(OCCCOCCOC)c1. The molecule has 0 atom stereocenters. The van der Waals surface area contributed by atoms with Crippen molar-refractivity contribution in [3.8, 4) is 11.5 Å². The molecule has 1 aromatic carbocycles. The van der Waals surface area contributed by atoms with Crippen LogP contribution in [0.1, 0.15) is 25.3 Å². The van der Waals surface area contributed by atoms with Crippen LogP contribution < -0.4 is 9.47 Å². The van der Waals surface area contributed by atoms with Gasteiger partial charge < -0.3 is 24.1 Å². The standard InChI is InChI=1S/C16H26O5/c1-3-7-20-15-6-5-14(13-17)16(12-15)21-9-4-8-19-11-10-18-2/h5-6,12,17H,3-4,7-11,13H2,1-2H3. The van der Waals surface area contributed by atoms with E-state index in [9.17, 15) is 5.11 Å². The minimum atomic E-state index is -0.0479. The summed E-state index contributed by atoms with van der Waals surface area (Å²) in [6.07, 6.45) is 1.74. The van der Waals surface area contributed by atoms with Crippen molar-refractivity contribution in [2.75, 3.05) is 40.1 Å². The molecule has 0 aliphatic rings. The van der Waals surface area contributed by atoms with Crippen molar-refractivity contribution in [3.05, 3.63) is 23.8 Å². The number of hydrogen-bond acceptors (Lipinski definition) is 5. The van der Waals surface area contributed by atoms with Gasteiger partial charge in [-0.1, -0.05) is 6.92 Å². The predicted octanol–water partition coefficient (Wildman–Crippen LogP) is 2.40. The number of methoxy groups -OCH3 is 1. The summed E-state index contributed by atoms with van der Waals surface area (Å²) in [4.78, 5) is 0. The molecule has 120 valence electrons. The van der Waals surface area contributed by atoms with E-state index >= 15 is 0 Å². The zero-order chi connectivity index (χ0) is 15.3. The Kier molecular flexibility index (Phi) is 9.61. The number of rotatable bonds is 12. The lowest BCUT2D eigenvalue weighted by Gasteiger charge is -2.12. The molecule has 0 saturated heterocycles. The maximum absolute atomic E-state index is 9.33. The van der Waals surface area contributed by atoms with E-state index in [0.717, 1.165) is 24.2 Å². The minimum Gasteiger partial charge on any atom is -0.493 e. The number of benzene rings is 1. The second kappa shape index (κ2) is 11.4. The smallest absolute Gasteiger partial charge is 0.128 e. The zero-order valence-corrected chi connectivity index (χ0v) is 13.0. The molecule has 0 heterocycles. The van der Waals surface area contributed by atoms with Crippen LogP contribution in [0.25, 0.3) is 0 Å². The van der Waals surface area contributed by atoms with Crippen LogP contribution in [0.4, 0.5) is 0 Å². The molecule has 0 unspecified atom stereocenters. The molecule has 0 amide bonds. The van der Waals surface area contributed by atoms with Gasteiger partial charge in [0.1, 0.15) is 11.5 Å². The molecule has 5 nitrogen and oxygen atoms in total. The normalized spacial score (nSPS) is 10.6. The predicted molar refractivity (Wildman–Crippen MR) is 81.0 cm³/mol. The Morgan fingerprint density at radius 1 is 1.00 bits per heavy atom. The largest absolute Gasteiger partial charge is 0.493 e. The average molecular weight is 298 g/mol. The van der Waals surface area contributed by atoms with Crippen LogP contribution in [-0.4, -0.2) is 45.3 Å². The Bertz CT molecular complexity index is 381. The highest BCUT2D eigenvalue weighted by Gasteiger charge is 2.05. The maximum atomic E-state index is 9.33. The highest BCUT2D eigenvalue weighted by Crippen LogP contribution is 2.25. The van der Waals surface area contributed by atoms with Gasteiger partial charge in [-0.3, -0.25) is 0 Å². The van der Waals surface area contributed by atoms with Gasteiger partial charge in [-0.2, -0.15) is 0 Å². The summed E-state index contributed by atoms with van der Waals surface area (Å²) < 4.78 is 21.5. The summed E-state index contributed by atoms with van der Waals surface area (Å²) in [7, 11) is 1.65. The highest BCUT2D eigenvalue weighted by atomic mass is 16.5. The summed E-state index contributed by atoms with van der Waals surface area (Å²) in [5.74, 6) is 1.43. The Hall–Kier alpha value is -1.30. The van der Waals surface area contributed by atoms with E-state index in [2.05, 4.69) is 6.92 Å². The third-order valence-corrected chi connectivity index (χ3v) is 2.80. The monoisotopic (exact) mass is 298 g/mol. The van der Waals surface area contributed by atoms with Crippen LogP contribution >= 0.6 is 0 Å². The third kappa shape index (κ3) is 7.32. The fourth-order valence-electron chi connectivity index (χ4n) is 1.70. The van der Waals surface area contributed by atoms with Crippen molar-refractivity contribution in [2.24, 2.45) is 0 Å². The van der Waals surface area contributed by atoms with Gasteiger partial charge in [-0.05, 0) is 18.6 Å². The van der Waals surface area contributed by atoms with Gasteiger partial charge >= 0.3 is 0 Å². The van der Waals surface area contributed by atoms with Gasteiger partial charge in [0.25, 0.3) is 0 Å². The molecular weight excluding hydrogens is 272 g/mol. The molecule has 0 saturated carbocycles. The van der Waals surface area contributed by atoms with E-state index in [4.69, 9.17) is 18.9 Å². The van der Waals surface area contributed by atoms with E-state index in [1.54, 1.807) is 7.11 Å². The zero-order valence-electron chi connectivity index (χ0n) is 13.0. The fraction of sp³-hybridized carbons (Fsp3) is 0.625. The molecule has 1 aromatic rings. The molecular formula is C16H26O5. The van der Waals surface area contributed by atoms with Crippen molar-refractivity contribution < 1.29 is 24.1 Å². The topological polar surface area (TPSA) is 57.2 Å². The number of ether oxygens (including phenoxy) is 4. The molecule has 0 aliphatic carbocycles. The van der Waals surface area contributed by atoms with E-state index in [1.807, 2.05) is 18.2 Å². The molecule has 0 aromatic heterocycles. The average Bonchev–Trinajstić information content (AvgIpc) is 2.52. The van der Waals surface area contributed by atoms with Crippen LogP contribution in [0.5, 0.6) is 11.5 Å². The van der Waals surface area contributed by atoms with Crippen LogP contribution in [0, 0.1) is 0 Å². The number of hydrogen-bond donors (Lipinski definition) is 1. The first-order valence-electron chi connectivity index (χ1n) is 7.37. The maximum Gasteiger partial charge on any atom is 0.128 e. The van der Waals surface area contributed by atoms with Crippen molar-refractivity contribution >= 4 is 0 Å². The number of aliphatic hydroxyl groups excluding tert-OH is 1. The molecule has 1 rings (SSSR count). The van der Waals surface area contributed by atoms with Crippen LogP contribution in [0.3, 0.4) is 0 Å². The molecule has 21 heavy (non-hydrogen) atoms. The van der Waals surface area contributed by atoms with Crippen molar-refractivity contribution in [1.82, 2.24) is 0 Å². The van der Waals surface area contributed by atoms with Gasteiger partial charge in [-0.25, -0.2) is 0 Å². The fourth-order valence-corrected chi connectivity index (χ4v) is 1.70. The molecule has 1 N–H and O–H groups in total. The van der Waals surface area contributed by atoms with Crippen molar-refractivity contribution in [2.45, 2.75) is 26.4 Å². The Morgan fingerprint density at radius 3 is 2.57 bits per heavy atom. The van der Waals surface area contributed by atoms with Gasteiger partial charge in [0.05, 0.1) is 33.0 Å². The summed E-state index contributed by atoms with van der Waals surface area (Å²) in [6, 6.07) is 5.50. The molecule has 0 bridgehead atoms. The first-order chi connectivity index (χ1) is 10.3. The molecule has 5 heteroatoms. The van der Waals surface area contributed by atoms with Gasteiger partial charge in [0.2, 0.25) is 0 Å². The first kappa shape index (κ1) is 17.8. The van der Waals surface area contributed by atoms with E-state index in [0.29, 0.717) is 38.8 Å². The molecule has 0 fully saturated rings. The second-order valence-corrected chi connectivity index (χ2v) is 4.58. The lowest BCUT2D eigenvalue weighted by atomic mass is 10.2. The Balaban J connectivity index is 2.37. The summed E-state index contributed by atoms with van der Waals surface area (Å²) in [5.41, 5.74) is 0.763. The summed E-state index contributed by atoms with van der Waals surface area (Å²) in [5, 5.41) is 9.33. The third-order valence-electron chi connectivity index (χ3n) is 2.80. The van der Waals surface area contributed by atoms with Crippen molar-refractivity contribution in [3.63, 3.8) is 0 Å². The lowest BCUT2D eigenvalue weighted by Crippen LogP contribution is -2.07. The van der Waals surface area contributed by atoms with Crippen molar-refractivity contribution in [1.29, 1.82) is 0 Å². The van der Waals surface area contributed by atoms with Crippen LogP contribution in [0.15, 0.2) is 18.2 Å².